The first kappa shape index (κ1) is 34.1. The second-order valence-electron chi connectivity index (χ2n) is 15.6. The molecule has 0 N–H and O–H groups in total. The van der Waals surface area contributed by atoms with Crippen molar-refractivity contribution in [1.29, 1.82) is 0 Å². The summed E-state index contributed by atoms with van der Waals surface area (Å²) in [7, 11) is 0. The van der Waals surface area contributed by atoms with Crippen LogP contribution in [0.4, 0.5) is 0 Å². The Morgan fingerprint density at radius 1 is 0.267 bits per heavy atom. The predicted molar refractivity (Wildman–Crippen MR) is 252 cm³/mol. The molecule has 0 aliphatic rings. The molecule has 12 aromatic rings. The Bertz CT molecular complexity index is 3510. The molecule has 0 unspecified atom stereocenters. The first-order valence-electron chi connectivity index (χ1n) is 20.5. The molecule has 0 saturated heterocycles. The van der Waals surface area contributed by atoms with Crippen LogP contribution < -0.4 is 0 Å². The molecule has 0 bridgehead atoms. The van der Waals surface area contributed by atoms with E-state index in [1.807, 2.05) is 12.1 Å². The number of aromatic nitrogens is 3. The molecule has 280 valence electrons. The summed E-state index contributed by atoms with van der Waals surface area (Å²) in [6.07, 6.45) is 0. The maximum absolute atomic E-state index is 5.10. The lowest BCUT2D eigenvalue weighted by molar-refractivity contribution is 1.18. The molecule has 3 heteroatoms. The number of hydrogen-bond donors (Lipinski definition) is 0. The maximum Gasteiger partial charge on any atom is 0.0715 e. The van der Waals surface area contributed by atoms with Crippen molar-refractivity contribution in [2.75, 3.05) is 0 Å². The SMILES string of the molecule is c1ccc(-c2cc(-c3ccc(-n4c5ccccc5c5cc(-c6ccc7c(c6)c6ccccc6n7-c6cccc7ccccc67)ccc54)cc3)cc(-c3ccccc3)n2)cc1. The van der Waals surface area contributed by atoms with E-state index in [0.29, 0.717) is 0 Å². The van der Waals surface area contributed by atoms with Gasteiger partial charge in [-0.1, -0.05) is 158 Å². The third-order valence-electron chi connectivity index (χ3n) is 12.1. The Morgan fingerprint density at radius 3 is 1.35 bits per heavy atom. The first-order chi connectivity index (χ1) is 29.7. The smallest absolute Gasteiger partial charge is 0.0715 e. The van der Waals surface area contributed by atoms with Crippen LogP contribution in [0.3, 0.4) is 0 Å². The third kappa shape index (κ3) is 5.55. The van der Waals surface area contributed by atoms with Gasteiger partial charge < -0.3 is 9.13 Å². The highest BCUT2D eigenvalue weighted by atomic mass is 15.0. The predicted octanol–water partition coefficient (Wildman–Crippen LogP) is 15.1. The van der Waals surface area contributed by atoms with Gasteiger partial charge in [0.05, 0.1) is 39.1 Å². The van der Waals surface area contributed by atoms with Gasteiger partial charge in [-0.2, -0.15) is 0 Å². The van der Waals surface area contributed by atoms with Crippen LogP contribution in [0, 0.1) is 0 Å². The van der Waals surface area contributed by atoms with E-state index in [1.165, 1.54) is 71.2 Å². The molecule has 3 heterocycles. The van der Waals surface area contributed by atoms with Gasteiger partial charge in [0, 0.05) is 43.7 Å². The molecule has 9 aromatic carbocycles. The summed E-state index contributed by atoms with van der Waals surface area (Å²) < 4.78 is 4.83. The summed E-state index contributed by atoms with van der Waals surface area (Å²) in [6.45, 7) is 0. The molecule has 0 radical (unpaired) electrons. The van der Waals surface area contributed by atoms with Crippen LogP contribution in [0.15, 0.2) is 224 Å². The van der Waals surface area contributed by atoms with Gasteiger partial charge >= 0.3 is 0 Å². The van der Waals surface area contributed by atoms with E-state index in [2.05, 4.69) is 221 Å². The Hall–Kier alpha value is -8.01. The first-order valence-corrected chi connectivity index (χ1v) is 20.5. The topological polar surface area (TPSA) is 22.8 Å². The highest BCUT2D eigenvalue weighted by molar-refractivity contribution is 6.13. The largest absolute Gasteiger partial charge is 0.309 e. The molecule has 3 nitrogen and oxygen atoms in total. The van der Waals surface area contributed by atoms with Crippen LogP contribution in [-0.2, 0) is 0 Å². The van der Waals surface area contributed by atoms with E-state index in [9.17, 15) is 0 Å². The van der Waals surface area contributed by atoms with Crippen LogP contribution in [0.1, 0.15) is 0 Å². The molecule has 60 heavy (non-hydrogen) atoms. The lowest BCUT2D eigenvalue weighted by Gasteiger charge is -2.12. The summed E-state index contributed by atoms with van der Waals surface area (Å²) in [5.74, 6) is 0. The van der Waals surface area contributed by atoms with Crippen molar-refractivity contribution < 1.29 is 0 Å². The number of rotatable bonds is 6. The summed E-state index contributed by atoms with van der Waals surface area (Å²) in [5.41, 5.74) is 15.9. The van der Waals surface area contributed by atoms with Gasteiger partial charge in [-0.05, 0) is 94.4 Å². The van der Waals surface area contributed by atoms with Crippen LogP contribution in [0.5, 0.6) is 0 Å². The summed E-state index contributed by atoms with van der Waals surface area (Å²) in [4.78, 5) is 5.10. The fraction of sp³-hybridized carbons (Fsp3) is 0. The number of benzene rings is 9. The van der Waals surface area contributed by atoms with Crippen LogP contribution in [-0.4, -0.2) is 14.1 Å². The maximum atomic E-state index is 5.10. The fourth-order valence-corrected chi connectivity index (χ4v) is 9.26. The monoisotopic (exact) mass is 763 g/mol. The Kier molecular flexibility index (Phi) is 7.85. The zero-order chi connectivity index (χ0) is 39.6. The van der Waals surface area contributed by atoms with Gasteiger partial charge in [-0.3, -0.25) is 0 Å². The molecular weight excluding hydrogens is 727 g/mol. The quantitative estimate of drug-likeness (QED) is 0.165. The zero-order valence-electron chi connectivity index (χ0n) is 32.7. The number of hydrogen-bond acceptors (Lipinski definition) is 1. The van der Waals surface area contributed by atoms with Crippen molar-refractivity contribution in [3.05, 3.63) is 224 Å². The second kappa shape index (κ2) is 13.8. The number of fused-ring (bicyclic) bond motifs is 7. The Balaban J connectivity index is 0.958. The summed E-state index contributed by atoms with van der Waals surface area (Å²) >= 11 is 0. The molecule has 3 aromatic heterocycles. The number of nitrogens with zero attached hydrogens (tertiary/aromatic N) is 3. The van der Waals surface area contributed by atoms with Crippen molar-refractivity contribution in [3.63, 3.8) is 0 Å². The van der Waals surface area contributed by atoms with Crippen molar-refractivity contribution in [3.8, 4) is 56.1 Å². The van der Waals surface area contributed by atoms with E-state index in [1.54, 1.807) is 0 Å². The molecule has 0 amide bonds. The molecule has 0 fully saturated rings. The molecule has 0 atom stereocenters. The minimum atomic E-state index is 0.962. The normalized spacial score (nSPS) is 11.7. The zero-order valence-corrected chi connectivity index (χ0v) is 32.7. The number of para-hydroxylation sites is 2. The van der Waals surface area contributed by atoms with Crippen molar-refractivity contribution in [1.82, 2.24) is 14.1 Å². The van der Waals surface area contributed by atoms with E-state index < -0.39 is 0 Å². The molecule has 0 saturated carbocycles. The van der Waals surface area contributed by atoms with Gasteiger partial charge in [-0.25, -0.2) is 4.98 Å². The van der Waals surface area contributed by atoms with Gasteiger partial charge in [0.25, 0.3) is 0 Å². The molecule has 0 aliphatic heterocycles. The van der Waals surface area contributed by atoms with E-state index >= 15 is 0 Å². The van der Waals surface area contributed by atoms with Crippen LogP contribution in [0.25, 0.3) is 111 Å². The summed E-state index contributed by atoms with van der Waals surface area (Å²) in [6, 6.07) is 81.0. The van der Waals surface area contributed by atoms with Gasteiger partial charge in [0.2, 0.25) is 0 Å². The molecule has 0 spiro atoms. The average Bonchev–Trinajstić information content (AvgIpc) is 3.84. The van der Waals surface area contributed by atoms with E-state index in [4.69, 9.17) is 4.98 Å². The van der Waals surface area contributed by atoms with Crippen molar-refractivity contribution >= 4 is 54.4 Å². The van der Waals surface area contributed by atoms with Gasteiger partial charge in [0.15, 0.2) is 0 Å². The molecule has 12 rings (SSSR count). The van der Waals surface area contributed by atoms with Crippen LogP contribution in [0.2, 0.25) is 0 Å². The third-order valence-corrected chi connectivity index (χ3v) is 12.1. The van der Waals surface area contributed by atoms with Crippen LogP contribution >= 0.6 is 0 Å². The average molecular weight is 764 g/mol. The Labute approximate surface area is 347 Å². The highest BCUT2D eigenvalue weighted by Crippen LogP contribution is 2.40. The fourth-order valence-electron chi connectivity index (χ4n) is 9.26. The number of pyridine rings is 1. The van der Waals surface area contributed by atoms with Crippen molar-refractivity contribution in [2.24, 2.45) is 0 Å². The lowest BCUT2D eigenvalue weighted by Crippen LogP contribution is -1.95. The van der Waals surface area contributed by atoms with Gasteiger partial charge in [-0.15, -0.1) is 0 Å². The highest BCUT2D eigenvalue weighted by Gasteiger charge is 2.17. The van der Waals surface area contributed by atoms with E-state index in [-0.39, 0.29) is 0 Å². The molecule has 0 aliphatic carbocycles. The van der Waals surface area contributed by atoms with E-state index in [0.717, 1.165) is 39.3 Å². The minimum Gasteiger partial charge on any atom is -0.309 e. The second-order valence-corrected chi connectivity index (χ2v) is 15.6. The summed E-state index contributed by atoms with van der Waals surface area (Å²) in [5, 5.41) is 7.46. The molecular formula is C57H37N3. The Morgan fingerprint density at radius 2 is 0.733 bits per heavy atom. The minimum absolute atomic E-state index is 0.962. The lowest BCUT2D eigenvalue weighted by atomic mass is 9.99. The van der Waals surface area contributed by atoms with Crippen molar-refractivity contribution in [2.45, 2.75) is 0 Å². The van der Waals surface area contributed by atoms with Gasteiger partial charge in [0.1, 0.15) is 0 Å². The standard InChI is InChI=1S/C57H37N3/c1-3-15-40(16-4-1)51-36-44(37-52(58-51)41-17-5-2-6-18-41)38-26-30-45(31-27-38)59-54-23-11-9-21-47(54)49-34-42(28-32-56(49)59)43-29-33-57-50(35-43)48-22-10-12-24-55(48)60(57)53-25-13-19-39-14-7-8-20-46(39)53/h1-37H.